The lowest BCUT2D eigenvalue weighted by molar-refractivity contribution is -0.144. The van der Waals surface area contributed by atoms with Crippen LogP contribution in [0.25, 0.3) is 10.8 Å². The standard InChI is InChI=1S/C29H34N2O5/c1-20(27(33)12-6-10-22-7-4-5-11-28(22)34)13-14-21(18-32)19-36-29(35)16-25(30)26-15-23-8-2-3-9-24(23)17-31-26/h2-5,7-9,11,15,17,20-21,30,32,34H,6,10,12-14,16,18-19H2,1H3/t20?,21-/m0/s1. The van der Waals surface area contributed by atoms with Crippen molar-refractivity contribution in [1.29, 1.82) is 5.41 Å². The largest absolute Gasteiger partial charge is 0.508 e. The lowest BCUT2D eigenvalue weighted by Gasteiger charge is -2.17. The van der Waals surface area contributed by atoms with E-state index in [1.165, 1.54) is 0 Å². The van der Waals surface area contributed by atoms with Crippen LogP contribution in [-0.2, 0) is 20.7 Å². The summed E-state index contributed by atoms with van der Waals surface area (Å²) in [4.78, 5) is 29.0. The number of carbonyl (C=O) groups excluding carboxylic acids is 2. The van der Waals surface area contributed by atoms with Gasteiger partial charge in [-0.05, 0) is 48.8 Å². The number of nitrogens with one attached hydrogen (secondary N) is 1. The van der Waals surface area contributed by atoms with Gasteiger partial charge in [-0.3, -0.25) is 14.6 Å². The molecule has 0 aliphatic rings. The highest BCUT2D eigenvalue weighted by atomic mass is 16.5. The van der Waals surface area contributed by atoms with Gasteiger partial charge in [0.1, 0.15) is 11.5 Å². The second-order valence-corrected chi connectivity index (χ2v) is 9.23. The van der Waals surface area contributed by atoms with Crippen molar-refractivity contribution in [3.63, 3.8) is 0 Å². The number of aromatic hydroxyl groups is 1. The maximum atomic E-state index is 12.5. The quantitative estimate of drug-likeness (QED) is 0.219. The Balaban J connectivity index is 1.37. The van der Waals surface area contributed by atoms with Crippen molar-refractivity contribution in [2.45, 2.75) is 45.4 Å². The summed E-state index contributed by atoms with van der Waals surface area (Å²) in [5, 5.41) is 29.6. The average Bonchev–Trinajstić information content (AvgIpc) is 2.89. The summed E-state index contributed by atoms with van der Waals surface area (Å²) in [6, 6.07) is 16.6. The molecule has 3 rings (SSSR count). The number of phenols is 1. The molecule has 0 aliphatic heterocycles. The van der Waals surface area contributed by atoms with E-state index in [-0.39, 0.29) is 48.7 Å². The number of phenolic OH excluding ortho intramolecular Hbond substituents is 1. The third-order valence-corrected chi connectivity index (χ3v) is 6.42. The van der Waals surface area contributed by atoms with E-state index in [9.17, 15) is 19.8 Å². The van der Waals surface area contributed by atoms with E-state index in [0.717, 1.165) is 16.3 Å². The van der Waals surface area contributed by atoms with Gasteiger partial charge < -0.3 is 20.4 Å². The first-order valence-corrected chi connectivity index (χ1v) is 12.4. The number of aromatic nitrogens is 1. The van der Waals surface area contributed by atoms with Gasteiger partial charge in [0, 0.05) is 36.4 Å². The zero-order valence-electron chi connectivity index (χ0n) is 20.7. The maximum absolute atomic E-state index is 12.5. The van der Waals surface area contributed by atoms with Crippen LogP contribution in [0.15, 0.2) is 60.8 Å². The Morgan fingerprint density at radius 2 is 1.78 bits per heavy atom. The zero-order chi connectivity index (χ0) is 25.9. The van der Waals surface area contributed by atoms with Gasteiger partial charge in [0.15, 0.2) is 0 Å². The number of carbonyl (C=O) groups is 2. The molecule has 0 fully saturated rings. The van der Waals surface area contributed by atoms with Gasteiger partial charge in [-0.2, -0.15) is 0 Å². The second-order valence-electron chi connectivity index (χ2n) is 9.23. The molecule has 3 N–H and O–H groups in total. The van der Waals surface area contributed by atoms with Crippen LogP contribution in [0.1, 0.15) is 50.3 Å². The van der Waals surface area contributed by atoms with Crippen molar-refractivity contribution >= 4 is 28.2 Å². The van der Waals surface area contributed by atoms with Crippen LogP contribution in [0.2, 0.25) is 0 Å². The number of benzene rings is 2. The number of ketones is 1. The number of rotatable bonds is 14. The van der Waals surface area contributed by atoms with Crippen LogP contribution < -0.4 is 0 Å². The molecule has 190 valence electrons. The molecule has 2 aromatic carbocycles. The highest BCUT2D eigenvalue weighted by Gasteiger charge is 2.18. The van der Waals surface area contributed by atoms with E-state index >= 15 is 0 Å². The number of aliphatic hydroxyl groups is 1. The number of pyridine rings is 1. The molecule has 2 atom stereocenters. The smallest absolute Gasteiger partial charge is 0.311 e. The van der Waals surface area contributed by atoms with Crippen molar-refractivity contribution in [3.05, 3.63) is 72.1 Å². The van der Waals surface area contributed by atoms with Crippen molar-refractivity contribution in [2.75, 3.05) is 13.2 Å². The second kappa shape index (κ2) is 13.5. The molecule has 7 heteroatoms. The molecule has 0 radical (unpaired) electrons. The topological polar surface area (TPSA) is 121 Å². The van der Waals surface area contributed by atoms with E-state index in [4.69, 9.17) is 10.1 Å². The van der Waals surface area contributed by atoms with Crippen LogP contribution in [0, 0.1) is 17.2 Å². The minimum absolute atomic E-state index is 0.0436. The number of fused-ring (bicyclic) bond motifs is 1. The first kappa shape index (κ1) is 27.0. The summed E-state index contributed by atoms with van der Waals surface area (Å²) in [7, 11) is 0. The molecule has 0 bridgehead atoms. The number of para-hydroxylation sites is 1. The van der Waals surface area contributed by atoms with Crippen LogP contribution >= 0.6 is 0 Å². The van der Waals surface area contributed by atoms with Gasteiger partial charge in [-0.1, -0.05) is 49.4 Å². The molecule has 0 saturated carbocycles. The fourth-order valence-corrected chi connectivity index (χ4v) is 4.04. The van der Waals surface area contributed by atoms with E-state index in [2.05, 4.69) is 4.98 Å². The number of nitrogens with zero attached hydrogens (tertiary/aromatic N) is 1. The van der Waals surface area contributed by atoms with E-state index in [1.807, 2.05) is 43.3 Å². The minimum atomic E-state index is -0.540. The van der Waals surface area contributed by atoms with Crippen molar-refractivity contribution < 1.29 is 24.5 Å². The molecule has 1 aromatic heterocycles. The van der Waals surface area contributed by atoms with Crippen LogP contribution in [0.4, 0.5) is 0 Å². The Morgan fingerprint density at radius 3 is 2.53 bits per heavy atom. The normalized spacial score (nSPS) is 12.7. The summed E-state index contributed by atoms with van der Waals surface area (Å²) in [6.07, 6.45) is 4.37. The predicted molar refractivity (Wildman–Crippen MR) is 139 cm³/mol. The molecule has 36 heavy (non-hydrogen) atoms. The molecule has 0 amide bonds. The number of hydrogen-bond donors (Lipinski definition) is 3. The molecule has 3 aromatic rings. The van der Waals surface area contributed by atoms with Crippen LogP contribution in [-0.4, -0.2) is 45.9 Å². The zero-order valence-corrected chi connectivity index (χ0v) is 20.7. The molecule has 0 aliphatic carbocycles. The molecular weight excluding hydrogens is 456 g/mol. The molecular formula is C29H34N2O5. The summed E-state index contributed by atoms with van der Waals surface area (Å²) >= 11 is 0. The van der Waals surface area contributed by atoms with E-state index in [0.29, 0.717) is 37.8 Å². The van der Waals surface area contributed by atoms with Gasteiger partial charge in [-0.25, -0.2) is 0 Å². The predicted octanol–water partition coefficient (Wildman–Crippen LogP) is 4.86. The summed E-state index contributed by atoms with van der Waals surface area (Å²) < 4.78 is 5.32. The van der Waals surface area contributed by atoms with E-state index in [1.54, 1.807) is 24.4 Å². The number of Topliss-reactive ketones (excluding diaryl/α,β-unsaturated/α-hetero) is 1. The maximum Gasteiger partial charge on any atom is 0.311 e. The lowest BCUT2D eigenvalue weighted by atomic mass is 9.92. The highest BCUT2D eigenvalue weighted by molar-refractivity contribution is 6.07. The molecule has 1 unspecified atom stereocenters. The Bertz CT molecular complexity index is 1190. The summed E-state index contributed by atoms with van der Waals surface area (Å²) in [5.74, 6) is -0.566. The Labute approximate surface area is 211 Å². The van der Waals surface area contributed by atoms with Gasteiger partial charge >= 0.3 is 5.97 Å². The van der Waals surface area contributed by atoms with E-state index < -0.39 is 5.97 Å². The summed E-state index contributed by atoms with van der Waals surface area (Å²) in [6.45, 7) is 1.77. The monoisotopic (exact) mass is 490 g/mol. The van der Waals surface area contributed by atoms with Gasteiger partial charge in [0.2, 0.25) is 0 Å². The number of aryl methyl sites for hydroxylation is 1. The molecule has 0 saturated heterocycles. The van der Waals surface area contributed by atoms with Gasteiger partial charge in [-0.15, -0.1) is 0 Å². The number of hydrogen-bond acceptors (Lipinski definition) is 7. The van der Waals surface area contributed by atoms with Crippen molar-refractivity contribution in [1.82, 2.24) is 4.98 Å². The average molecular weight is 491 g/mol. The van der Waals surface area contributed by atoms with Gasteiger partial charge in [0.05, 0.1) is 24.4 Å². The van der Waals surface area contributed by atoms with Crippen LogP contribution in [0.5, 0.6) is 5.75 Å². The number of ether oxygens (including phenoxy) is 1. The van der Waals surface area contributed by atoms with Crippen molar-refractivity contribution in [3.8, 4) is 5.75 Å². The Morgan fingerprint density at radius 1 is 1.06 bits per heavy atom. The fraction of sp³-hybridized carbons (Fsp3) is 0.379. The third kappa shape index (κ3) is 7.99. The summed E-state index contributed by atoms with van der Waals surface area (Å²) in [5.41, 5.74) is 1.35. The SMILES string of the molecule is CC(CC[C@@H](CO)COC(=O)CC(=N)c1cc2ccccc2cn1)C(=O)CCCc1ccccc1O. The molecule has 1 heterocycles. The molecule has 0 spiro atoms. The fourth-order valence-electron chi connectivity index (χ4n) is 4.04. The number of aliphatic hydroxyl groups excluding tert-OH is 1. The van der Waals surface area contributed by atoms with Crippen molar-refractivity contribution in [2.24, 2.45) is 11.8 Å². The lowest BCUT2D eigenvalue weighted by Crippen LogP contribution is -2.21. The highest BCUT2D eigenvalue weighted by Crippen LogP contribution is 2.20. The minimum Gasteiger partial charge on any atom is -0.508 e. The number of esters is 1. The van der Waals surface area contributed by atoms with Crippen LogP contribution in [0.3, 0.4) is 0 Å². The first-order valence-electron chi connectivity index (χ1n) is 12.4. The Kier molecular flexibility index (Phi) is 10.1. The molecule has 7 nitrogen and oxygen atoms in total. The third-order valence-electron chi connectivity index (χ3n) is 6.42. The first-order chi connectivity index (χ1) is 17.4. The Hall–Kier alpha value is -3.58. The van der Waals surface area contributed by atoms with Gasteiger partial charge in [0.25, 0.3) is 0 Å².